The normalized spacial score (nSPS) is 30.5. The molecule has 1 fully saturated rings. The highest BCUT2D eigenvalue weighted by Gasteiger charge is 2.35. The van der Waals surface area contributed by atoms with E-state index in [0.717, 1.165) is 43.8 Å². The molecular weight excluding hydrogens is 312 g/mol. The van der Waals surface area contributed by atoms with Crippen molar-refractivity contribution in [3.8, 4) is 5.75 Å². The zero-order valence-electron chi connectivity index (χ0n) is 15.5. The molecule has 138 valence electrons. The molecule has 0 aliphatic carbocycles. The van der Waals surface area contributed by atoms with Gasteiger partial charge in [0, 0.05) is 30.7 Å². The smallest absolute Gasteiger partial charge is 0.119 e. The third kappa shape index (κ3) is 4.01. The number of hydrogen-bond donors (Lipinski definition) is 3. The topological polar surface area (TPSA) is 53.5 Å². The first-order valence-corrected chi connectivity index (χ1v) is 9.62. The molecule has 1 saturated heterocycles. The molecule has 0 radical (unpaired) electrons. The highest BCUT2D eigenvalue weighted by atomic mass is 16.5. The van der Waals surface area contributed by atoms with Gasteiger partial charge in [-0.3, -0.25) is 0 Å². The van der Waals surface area contributed by atoms with Gasteiger partial charge in [0.05, 0.1) is 13.2 Å². The Balaban J connectivity index is 1.81. The van der Waals surface area contributed by atoms with Gasteiger partial charge in [0.15, 0.2) is 0 Å². The van der Waals surface area contributed by atoms with E-state index >= 15 is 0 Å². The molecule has 2 aliphatic rings. The summed E-state index contributed by atoms with van der Waals surface area (Å²) in [5, 5.41) is 18.3. The molecule has 2 aliphatic heterocycles. The minimum absolute atomic E-state index is 0.136. The van der Waals surface area contributed by atoms with Crippen molar-refractivity contribution >= 4 is 5.69 Å². The van der Waals surface area contributed by atoms with Gasteiger partial charge in [0.25, 0.3) is 0 Å². The average Bonchev–Trinajstić information content (AvgIpc) is 2.88. The molecule has 25 heavy (non-hydrogen) atoms. The number of benzene rings is 1. The molecule has 1 aromatic carbocycles. The third-order valence-corrected chi connectivity index (χ3v) is 6.03. The molecule has 5 atom stereocenters. The maximum atomic E-state index is 11.2. The molecule has 2 unspecified atom stereocenters. The number of fused-ring (bicyclic) bond motifs is 1. The highest BCUT2D eigenvalue weighted by molar-refractivity contribution is 5.58. The molecule has 0 spiro atoms. The number of hydrogen-bond acceptors (Lipinski definition) is 4. The van der Waals surface area contributed by atoms with Gasteiger partial charge in [0.1, 0.15) is 5.75 Å². The molecule has 0 bridgehead atoms. The Bertz CT molecular complexity index is 589. The van der Waals surface area contributed by atoms with Gasteiger partial charge in [-0.05, 0) is 54.9 Å². The first kappa shape index (κ1) is 18.3. The molecule has 0 amide bonds. The molecular formula is C21H32N2O2. The summed E-state index contributed by atoms with van der Waals surface area (Å²) in [7, 11) is 1.69. The largest absolute Gasteiger partial charge is 0.497 e. The summed E-state index contributed by atoms with van der Waals surface area (Å²) in [6.07, 6.45) is 5.99. The Morgan fingerprint density at radius 3 is 2.96 bits per heavy atom. The first-order valence-electron chi connectivity index (χ1n) is 9.62. The average molecular weight is 344 g/mol. The monoisotopic (exact) mass is 344 g/mol. The van der Waals surface area contributed by atoms with Gasteiger partial charge >= 0.3 is 0 Å². The summed E-state index contributed by atoms with van der Waals surface area (Å²) in [6, 6.07) is 6.26. The standard InChI is InChI=1S/C21H32N2O2/c1-4-14-10-15(5-2)13-23-20(11-14)21(24)17-8-9-22-19-7-6-16(25-3)12-18(17)19/h5-7,12,14-15,17,20-24H,2,4,8-11,13H2,1,3H3/t14-,15+,17?,20?,21+/m1/s1. The second kappa shape index (κ2) is 8.24. The lowest BCUT2D eigenvalue weighted by Gasteiger charge is -2.35. The fourth-order valence-corrected chi connectivity index (χ4v) is 4.41. The first-order chi connectivity index (χ1) is 12.2. The third-order valence-electron chi connectivity index (χ3n) is 6.03. The van der Waals surface area contributed by atoms with Crippen LogP contribution in [0, 0.1) is 11.8 Å². The molecule has 0 saturated carbocycles. The number of methoxy groups -OCH3 is 1. The van der Waals surface area contributed by atoms with Crippen LogP contribution >= 0.6 is 0 Å². The Morgan fingerprint density at radius 1 is 1.40 bits per heavy atom. The lowest BCUT2D eigenvalue weighted by Crippen LogP contribution is -2.45. The summed E-state index contributed by atoms with van der Waals surface area (Å²) in [5.41, 5.74) is 2.30. The quantitative estimate of drug-likeness (QED) is 0.715. The van der Waals surface area contributed by atoms with Crippen LogP contribution in [0.4, 0.5) is 5.69 Å². The molecule has 1 aromatic rings. The van der Waals surface area contributed by atoms with Crippen LogP contribution in [0.3, 0.4) is 0 Å². The van der Waals surface area contributed by atoms with E-state index in [1.54, 1.807) is 7.11 Å². The lowest BCUT2D eigenvalue weighted by molar-refractivity contribution is 0.0880. The van der Waals surface area contributed by atoms with Gasteiger partial charge in [-0.1, -0.05) is 19.4 Å². The zero-order chi connectivity index (χ0) is 17.8. The van der Waals surface area contributed by atoms with Crippen molar-refractivity contribution in [3.05, 3.63) is 36.4 Å². The lowest BCUT2D eigenvalue weighted by atomic mass is 9.80. The summed E-state index contributed by atoms with van der Waals surface area (Å²) in [6.45, 7) is 8.05. The molecule has 2 heterocycles. The number of anilines is 1. The van der Waals surface area contributed by atoms with E-state index in [2.05, 4.69) is 42.3 Å². The van der Waals surface area contributed by atoms with Crippen molar-refractivity contribution in [1.82, 2.24) is 5.32 Å². The van der Waals surface area contributed by atoms with Crippen LogP contribution < -0.4 is 15.4 Å². The Kier molecular flexibility index (Phi) is 6.02. The second-order valence-corrected chi connectivity index (χ2v) is 7.52. The fourth-order valence-electron chi connectivity index (χ4n) is 4.41. The van der Waals surface area contributed by atoms with E-state index in [1.165, 1.54) is 12.0 Å². The maximum absolute atomic E-state index is 11.2. The van der Waals surface area contributed by atoms with Crippen LogP contribution in [0.1, 0.15) is 44.1 Å². The van der Waals surface area contributed by atoms with Gasteiger partial charge in [0.2, 0.25) is 0 Å². The fraction of sp³-hybridized carbons (Fsp3) is 0.619. The number of aliphatic hydroxyl groups is 1. The predicted octanol–water partition coefficient (Wildman–Crippen LogP) is 3.54. The van der Waals surface area contributed by atoms with Gasteiger partial charge in [-0.15, -0.1) is 6.58 Å². The van der Waals surface area contributed by atoms with E-state index in [0.29, 0.717) is 11.8 Å². The minimum Gasteiger partial charge on any atom is -0.497 e. The van der Waals surface area contributed by atoms with Crippen LogP contribution in [0.2, 0.25) is 0 Å². The number of ether oxygens (including phenoxy) is 1. The van der Waals surface area contributed by atoms with Crippen molar-refractivity contribution in [2.75, 3.05) is 25.5 Å². The maximum Gasteiger partial charge on any atom is 0.119 e. The van der Waals surface area contributed by atoms with Crippen LogP contribution in [0.25, 0.3) is 0 Å². The Hall–Kier alpha value is -1.52. The second-order valence-electron chi connectivity index (χ2n) is 7.52. The minimum atomic E-state index is -0.384. The molecule has 0 aromatic heterocycles. The van der Waals surface area contributed by atoms with Crippen LogP contribution in [0.5, 0.6) is 5.75 Å². The van der Waals surface area contributed by atoms with E-state index in [9.17, 15) is 5.11 Å². The number of rotatable bonds is 5. The van der Waals surface area contributed by atoms with Crippen LogP contribution in [-0.2, 0) is 0 Å². The number of aliphatic hydroxyl groups excluding tert-OH is 1. The van der Waals surface area contributed by atoms with E-state index in [-0.39, 0.29) is 18.1 Å². The summed E-state index contributed by atoms with van der Waals surface area (Å²) in [4.78, 5) is 0. The molecule has 4 heteroatoms. The van der Waals surface area contributed by atoms with Gasteiger partial charge in [-0.2, -0.15) is 0 Å². The Morgan fingerprint density at radius 2 is 2.24 bits per heavy atom. The molecule has 4 nitrogen and oxygen atoms in total. The van der Waals surface area contributed by atoms with Gasteiger partial charge < -0.3 is 20.5 Å². The Labute approximate surface area is 151 Å². The zero-order valence-corrected chi connectivity index (χ0v) is 15.5. The van der Waals surface area contributed by atoms with Crippen molar-refractivity contribution in [2.24, 2.45) is 11.8 Å². The molecule has 3 rings (SSSR count). The highest BCUT2D eigenvalue weighted by Crippen LogP contribution is 2.38. The number of nitrogens with one attached hydrogen (secondary N) is 2. The summed E-state index contributed by atoms with van der Waals surface area (Å²) >= 11 is 0. The van der Waals surface area contributed by atoms with E-state index < -0.39 is 0 Å². The van der Waals surface area contributed by atoms with Crippen molar-refractivity contribution in [2.45, 2.75) is 50.7 Å². The summed E-state index contributed by atoms with van der Waals surface area (Å²) in [5.74, 6) is 2.14. The van der Waals surface area contributed by atoms with Gasteiger partial charge in [-0.25, -0.2) is 0 Å². The van der Waals surface area contributed by atoms with Crippen LogP contribution in [0.15, 0.2) is 30.9 Å². The summed E-state index contributed by atoms with van der Waals surface area (Å²) < 4.78 is 5.40. The van der Waals surface area contributed by atoms with E-state index in [1.807, 2.05) is 6.07 Å². The van der Waals surface area contributed by atoms with E-state index in [4.69, 9.17) is 4.74 Å². The van der Waals surface area contributed by atoms with Crippen LogP contribution in [-0.4, -0.2) is 37.5 Å². The molecule has 3 N–H and O–H groups in total. The van der Waals surface area contributed by atoms with Crippen molar-refractivity contribution in [3.63, 3.8) is 0 Å². The predicted molar refractivity (Wildman–Crippen MR) is 103 cm³/mol. The SMILES string of the molecule is C=C[C@@H]1CNC([C@@H](O)C2CCNc3ccc(OC)cc32)C[C@H](CC)C1. The van der Waals surface area contributed by atoms with Crippen molar-refractivity contribution in [1.29, 1.82) is 0 Å². The van der Waals surface area contributed by atoms with Crippen molar-refractivity contribution < 1.29 is 9.84 Å².